The maximum atomic E-state index is 11.2. The molecule has 0 spiro atoms. The van der Waals surface area contributed by atoms with Crippen LogP contribution in [-0.4, -0.2) is 20.9 Å². The van der Waals surface area contributed by atoms with Crippen LogP contribution in [0.15, 0.2) is 30.3 Å². The quantitative estimate of drug-likeness (QED) is 0.932. The average molecular weight is 277 g/mol. The van der Waals surface area contributed by atoms with Crippen LogP contribution in [0.2, 0.25) is 5.02 Å². The van der Waals surface area contributed by atoms with E-state index in [-0.39, 0.29) is 5.69 Å². The summed E-state index contributed by atoms with van der Waals surface area (Å²) in [6.45, 7) is 0.690. The van der Waals surface area contributed by atoms with Gasteiger partial charge in [0.25, 0.3) is 0 Å². The summed E-state index contributed by atoms with van der Waals surface area (Å²) in [7, 11) is 0. The maximum absolute atomic E-state index is 11.2. The van der Waals surface area contributed by atoms with Crippen molar-refractivity contribution in [3.05, 3.63) is 41.0 Å². The summed E-state index contributed by atoms with van der Waals surface area (Å²) in [6.07, 6.45) is 2.32. The molecule has 1 aliphatic carbocycles. The van der Waals surface area contributed by atoms with Crippen molar-refractivity contribution < 1.29 is 9.90 Å². The van der Waals surface area contributed by atoms with Crippen LogP contribution in [0.5, 0.6) is 0 Å². The molecule has 2 aromatic rings. The number of hydrogen-bond acceptors (Lipinski definition) is 2. The summed E-state index contributed by atoms with van der Waals surface area (Å²) in [5.74, 6) is -0.357. The number of aromatic carboxylic acids is 1. The molecule has 98 valence electrons. The van der Waals surface area contributed by atoms with Gasteiger partial charge in [0.05, 0.1) is 5.69 Å². The molecule has 4 nitrogen and oxygen atoms in total. The summed E-state index contributed by atoms with van der Waals surface area (Å²) >= 11 is 5.84. The van der Waals surface area contributed by atoms with Gasteiger partial charge < -0.3 is 5.11 Å². The molecule has 1 aromatic carbocycles. The van der Waals surface area contributed by atoms with Gasteiger partial charge in [0.15, 0.2) is 0 Å². The van der Waals surface area contributed by atoms with Crippen LogP contribution in [-0.2, 0) is 6.54 Å². The van der Waals surface area contributed by atoms with E-state index in [9.17, 15) is 9.90 Å². The van der Waals surface area contributed by atoms with E-state index in [0.29, 0.717) is 23.2 Å². The Morgan fingerprint density at radius 2 is 2.05 bits per heavy atom. The van der Waals surface area contributed by atoms with Gasteiger partial charge in [0.2, 0.25) is 0 Å². The lowest BCUT2D eigenvalue weighted by molar-refractivity contribution is 0.0682. The third-order valence-corrected chi connectivity index (χ3v) is 3.52. The first-order valence-electron chi connectivity index (χ1n) is 6.20. The zero-order chi connectivity index (χ0) is 13.4. The minimum Gasteiger partial charge on any atom is -0.477 e. The predicted molar refractivity (Wildman–Crippen MR) is 72.4 cm³/mol. The van der Waals surface area contributed by atoms with Gasteiger partial charge in [-0.15, -0.1) is 0 Å². The van der Waals surface area contributed by atoms with Gasteiger partial charge in [0.1, 0.15) is 5.69 Å². The molecule has 1 heterocycles. The van der Waals surface area contributed by atoms with E-state index >= 15 is 0 Å². The van der Waals surface area contributed by atoms with Crippen LogP contribution < -0.4 is 0 Å². The second-order valence-electron chi connectivity index (χ2n) is 4.85. The Balaban J connectivity index is 1.97. The van der Waals surface area contributed by atoms with Crippen molar-refractivity contribution >= 4 is 17.6 Å². The molecule has 0 saturated heterocycles. The minimum atomic E-state index is -0.937. The van der Waals surface area contributed by atoms with Crippen molar-refractivity contribution in [3.8, 4) is 11.3 Å². The van der Waals surface area contributed by atoms with E-state index in [0.717, 1.165) is 18.4 Å². The molecule has 0 atom stereocenters. The largest absolute Gasteiger partial charge is 0.477 e. The molecular weight excluding hydrogens is 264 g/mol. The number of carboxylic acids is 1. The molecule has 0 radical (unpaired) electrons. The van der Waals surface area contributed by atoms with Gasteiger partial charge in [0, 0.05) is 17.1 Å². The van der Waals surface area contributed by atoms with Gasteiger partial charge in [-0.25, -0.2) is 4.79 Å². The third-order valence-electron chi connectivity index (χ3n) is 3.27. The second kappa shape index (κ2) is 4.70. The number of nitrogens with zero attached hydrogens (tertiary/aromatic N) is 2. The number of aromatic nitrogens is 2. The van der Waals surface area contributed by atoms with E-state index in [1.165, 1.54) is 0 Å². The lowest BCUT2D eigenvalue weighted by Crippen LogP contribution is -2.11. The Bertz CT molecular complexity index is 615. The Morgan fingerprint density at radius 3 is 2.63 bits per heavy atom. The highest BCUT2D eigenvalue weighted by Crippen LogP contribution is 2.31. The van der Waals surface area contributed by atoms with E-state index < -0.39 is 5.97 Å². The van der Waals surface area contributed by atoms with Crippen molar-refractivity contribution in [1.29, 1.82) is 0 Å². The molecular formula is C14H13ClN2O2. The molecule has 3 rings (SSSR count). The van der Waals surface area contributed by atoms with Crippen LogP contribution in [0.1, 0.15) is 23.3 Å². The Kier molecular flexibility index (Phi) is 3.03. The SMILES string of the molecule is O=C(O)c1cc(-c2ccc(Cl)cc2)nn1CC1CC1. The van der Waals surface area contributed by atoms with Gasteiger partial charge in [-0.1, -0.05) is 23.7 Å². The first kappa shape index (κ1) is 12.2. The van der Waals surface area contributed by atoms with Gasteiger partial charge in [-0.3, -0.25) is 4.68 Å². The third kappa shape index (κ3) is 2.63. The number of benzene rings is 1. The topological polar surface area (TPSA) is 55.1 Å². The summed E-state index contributed by atoms with van der Waals surface area (Å²) < 4.78 is 1.60. The summed E-state index contributed by atoms with van der Waals surface area (Å²) in [4.78, 5) is 11.2. The Hall–Kier alpha value is -1.81. The van der Waals surface area contributed by atoms with Crippen LogP contribution >= 0.6 is 11.6 Å². The van der Waals surface area contributed by atoms with Gasteiger partial charge in [-0.2, -0.15) is 5.10 Å². The van der Waals surface area contributed by atoms with Crippen molar-refractivity contribution in [1.82, 2.24) is 9.78 Å². The molecule has 1 aliphatic rings. The molecule has 1 saturated carbocycles. The number of rotatable bonds is 4. The Labute approximate surface area is 115 Å². The van der Waals surface area contributed by atoms with Crippen LogP contribution in [0.3, 0.4) is 0 Å². The molecule has 19 heavy (non-hydrogen) atoms. The fourth-order valence-electron chi connectivity index (χ4n) is 2.03. The molecule has 1 N–H and O–H groups in total. The maximum Gasteiger partial charge on any atom is 0.354 e. The second-order valence-corrected chi connectivity index (χ2v) is 5.29. The van der Waals surface area contributed by atoms with Crippen molar-refractivity contribution in [2.45, 2.75) is 19.4 Å². The zero-order valence-electron chi connectivity index (χ0n) is 10.2. The molecule has 5 heteroatoms. The number of halogens is 1. The van der Waals surface area contributed by atoms with E-state index in [1.54, 1.807) is 22.9 Å². The smallest absolute Gasteiger partial charge is 0.354 e. The normalized spacial score (nSPS) is 14.6. The Morgan fingerprint density at radius 1 is 1.37 bits per heavy atom. The van der Waals surface area contributed by atoms with Gasteiger partial charge >= 0.3 is 5.97 Å². The van der Waals surface area contributed by atoms with Crippen molar-refractivity contribution in [3.63, 3.8) is 0 Å². The lowest BCUT2D eigenvalue weighted by Gasteiger charge is -2.01. The number of carbonyl (C=O) groups is 1. The first-order valence-corrected chi connectivity index (χ1v) is 6.58. The molecule has 1 aromatic heterocycles. The monoisotopic (exact) mass is 276 g/mol. The molecule has 0 amide bonds. The van der Waals surface area contributed by atoms with Crippen LogP contribution in [0.25, 0.3) is 11.3 Å². The highest BCUT2D eigenvalue weighted by Gasteiger charge is 2.25. The van der Waals surface area contributed by atoms with E-state index in [2.05, 4.69) is 5.10 Å². The predicted octanol–water partition coefficient (Wildman–Crippen LogP) is 3.31. The summed E-state index contributed by atoms with van der Waals surface area (Å²) in [5.41, 5.74) is 1.80. The lowest BCUT2D eigenvalue weighted by atomic mass is 10.1. The molecule has 0 unspecified atom stereocenters. The van der Waals surface area contributed by atoms with E-state index in [1.807, 2.05) is 12.1 Å². The van der Waals surface area contributed by atoms with Crippen LogP contribution in [0.4, 0.5) is 0 Å². The average Bonchev–Trinajstić information content (AvgIpc) is 3.08. The summed E-state index contributed by atoms with van der Waals surface area (Å²) in [5, 5.41) is 14.3. The van der Waals surface area contributed by atoms with Crippen molar-refractivity contribution in [2.75, 3.05) is 0 Å². The fourth-order valence-corrected chi connectivity index (χ4v) is 2.16. The highest BCUT2D eigenvalue weighted by molar-refractivity contribution is 6.30. The number of hydrogen-bond donors (Lipinski definition) is 1. The molecule has 1 fully saturated rings. The molecule has 0 aliphatic heterocycles. The standard InChI is InChI=1S/C14H13ClN2O2/c15-11-5-3-10(4-6-11)12-7-13(14(18)19)17(16-12)8-9-1-2-9/h3-7,9H,1-2,8H2,(H,18,19). The van der Waals surface area contributed by atoms with Crippen molar-refractivity contribution in [2.24, 2.45) is 5.92 Å². The highest BCUT2D eigenvalue weighted by atomic mass is 35.5. The first-order chi connectivity index (χ1) is 9.13. The van der Waals surface area contributed by atoms with Gasteiger partial charge in [-0.05, 0) is 37.0 Å². The number of carboxylic acid groups (broad SMARTS) is 1. The van der Waals surface area contributed by atoms with Crippen LogP contribution in [0, 0.1) is 5.92 Å². The molecule has 0 bridgehead atoms. The minimum absolute atomic E-state index is 0.247. The van der Waals surface area contributed by atoms with E-state index in [4.69, 9.17) is 11.6 Å². The summed E-state index contributed by atoms with van der Waals surface area (Å²) in [6, 6.07) is 8.86. The zero-order valence-corrected chi connectivity index (χ0v) is 11.0. The fraction of sp³-hybridized carbons (Fsp3) is 0.286.